The number of carbonyl (C=O) groups excluding carboxylic acids is 5. The summed E-state index contributed by atoms with van der Waals surface area (Å²) >= 11 is 0. The predicted molar refractivity (Wildman–Crippen MR) is 130 cm³/mol. The SMILES string of the molecule is COC(=O)[C@H](Cc1ccccc1)NC(=O)[C@H](CC(=O)OC(C)(C)C)NC(=O)[C@@H](N)CCC(N)=O.Cl. The molecule has 196 valence electrons. The number of ether oxygens (including phenoxy) is 2. The Morgan fingerprint density at radius 2 is 1.54 bits per heavy atom. The van der Waals surface area contributed by atoms with Gasteiger partial charge in [-0.05, 0) is 32.8 Å². The number of hydrogen-bond donors (Lipinski definition) is 4. The number of hydrogen-bond acceptors (Lipinski definition) is 8. The van der Waals surface area contributed by atoms with Gasteiger partial charge in [-0.15, -0.1) is 12.4 Å². The molecule has 0 fully saturated rings. The van der Waals surface area contributed by atoms with Gasteiger partial charge < -0.3 is 31.6 Å². The van der Waals surface area contributed by atoms with E-state index < -0.39 is 59.8 Å². The van der Waals surface area contributed by atoms with Gasteiger partial charge >= 0.3 is 11.9 Å². The molecule has 0 radical (unpaired) electrons. The third kappa shape index (κ3) is 12.7. The molecule has 12 heteroatoms. The second-order valence-corrected chi connectivity index (χ2v) is 8.74. The standard InChI is InChI=1S/C23H34N4O7.ClH/c1-23(2,3)34-19(29)13-16(26-20(30)15(24)10-11-18(25)28)21(31)27-17(22(32)33-4)12-14-8-6-5-7-9-14;/h5-9,15-17H,10-13,24H2,1-4H3,(H2,25,28)(H,26,30)(H,27,31);1H/t15-,16-,17-;/m0./s1. The summed E-state index contributed by atoms with van der Waals surface area (Å²) in [7, 11) is 1.18. The Labute approximate surface area is 211 Å². The Hall–Kier alpha value is -3.18. The fourth-order valence-corrected chi connectivity index (χ4v) is 2.92. The van der Waals surface area contributed by atoms with Crippen molar-refractivity contribution in [2.24, 2.45) is 11.5 Å². The third-order valence-electron chi connectivity index (χ3n) is 4.55. The van der Waals surface area contributed by atoms with Crippen LogP contribution < -0.4 is 22.1 Å². The molecule has 3 amide bonds. The lowest BCUT2D eigenvalue weighted by atomic mass is 10.0. The van der Waals surface area contributed by atoms with Crippen LogP contribution in [-0.2, 0) is 39.9 Å². The summed E-state index contributed by atoms with van der Waals surface area (Å²) in [6, 6.07) is 5.34. The largest absolute Gasteiger partial charge is 0.467 e. The van der Waals surface area contributed by atoms with E-state index in [9.17, 15) is 24.0 Å². The quantitative estimate of drug-likeness (QED) is 0.284. The van der Waals surface area contributed by atoms with Crippen LogP contribution in [0.2, 0.25) is 0 Å². The lowest BCUT2D eigenvalue weighted by Crippen LogP contribution is -2.55. The van der Waals surface area contributed by atoms with Gasteiger partial charge in [0.1, 0.15) is 17.7 Å². The van der Waals surface area contributed by atoms with Crippen molar-refractivity contribution >= 4 is 42.1 Å². The van der Waals surface area contributed by atoms with Crippen molar-refractivity contribution in [1.29, 1.82) is 0 Å². The summed E-state index contributed by atoms with van der Waals surface area (Å²) in [5.41, 5.74) is 10.8. The highest BCUT2D eigenvalue weighted by atomic mass is 35.5. The lowest BCUT2D eigenvalue weighted by Gasteiger charge is -2.25. The first-order valence-electron chi connectivity index (χ1n) is 10.8. The van der Waals surface area contributed by atoms with Gasteiger partial charge in [0.05, 0.1) is 19.6 Å². The van der Waals surface area contributed by atoms with Crippen LogP contribution in [0.1, 0.15) is 45.6 Å². The zero-order chi connectivity index (χ0) is 25.9. The Morgan fingerprint density at radius 3 is 2.06 bits per heavy atom. The molecule has 3 atom stereocenters. The second kappa shape index (κ2) is 14.9. The summed E-state index contributed by atoms with van der Waals surface area (Å²) in [4.78, 5) is 61.1. The van der Waals surface area contributed by atoms with Crippen LogP contribution in [0.3, 0.4) is 0 Å². The average molecular weight is 515 g/mol. The van der Waals surface area contributed by atoms with E-state index in [1.807, 2.05) is 6.07 Å². The third-order valence-corrected chi connectivity index (χ3v) is 4.55. The fourth-order valence-electron chi connectivity index (χ4n) is 2.92. The van der Waals surface area contributed by atoms with Crippen molar-refractivity contribution in [3.63, 3.8) is 0 Å². The van der Waals surface area contributed by atoms with Gasteiger partial charge in [-0.2, -0.15) is 0 Å². The number of amides is 3. The molecule has 0 bridgehead atoms. The van der Waals surface area contributed by atoms with Gasteiger partial charge in [-0.1, -0.05) is 30.3 Å². The molecule has 0 saturated heterocycles. The van der Waals surface area contributed by atoms with Gasteiger partial charge in [0, 0.05) is 12.8 Å². The van der Waals surface area contributed by atoms with E-state index in [2.05, 4.69) is 10.6 Å². The highest BCUT2D eigenvalue weighted by molar-refractivity contribution is 5.94. The van der Waals surface area contributed by atoms with E-state index >= 15 is 0 Å². The molecule has 11 nitrogen and oxygen atoms in total. The molecule has 0 saturated carbocycles. The number of rotatable bonds is 12. The molecule has 0 aliphatic rings. The molecule has 35 heavy (non-hydrogen) atoms. The van der Waals surface area contributed by atoms with Crippen molar-refractivity contribution in [2.45, 2.75) is 70.2 Å². The fraction of sp³-hybridized carbons (Fsp3) is 0.522. The van der Waals surface area contributed by atoms with Crippen LogP contribution in [0.25, 0.3) is 0 Å². The maximum Gasteiger partial charge on any atom is 0.328 e. The molecular formula is C23H35ClN4O7. The molecule has 1 aromatic carbocycles. The number of methoxy groups -OCH3 is 1. The molecule has 0 unspecified atom stereocenters. The minimum absolute atomic E-state index is 0. The molecule has 0 aromatic heterocycles. The van der Waals surface area contributed by atoms with E-state index in [0.29, 0.717) is 0 Å². The number of nitrogens with two attached hydrogens (primary N) is 2. The van der Waals surface area contributed by atoms with Gasteiger partial charge in [0.25, 0.3) is 0 Å². The zero-order valence-corrected chi connectivity index (χ0v) is 21.2. The molecule has 0 heterocycles. The second-order valence-electron chi connectivity index (χ2n) is 8.74. The van der Waals surface area contributed by atoms with Crippen LogP contribution >= 0.6 is 12.4 Å². The first-order chi connectivity index (χ1) is 15.8. The van der Waals surface area contributed by atoms with Gasteiger partial charge in [-0.25, -0.2) is 4.79 Å². The van der Waals surface area contributed by atoms with Crippen molar-refractivity contribution in [3.05, 3.63) is 35.9 Å². The molecule has 0 aliphatic carbocycles. The molecule has 0 aliphatic heterocycles. The van der Waals surface area contributed by atoms with Crippen LogP contribution in [0.15, 0.2) is 30.3 Å². The number of esters is 2. The van der Waals surface area contributed by atoms with E-state index in [4.69, 9.17) is 20.9 Å². The highest BCUT2D eigenvalue weighted by Crippen LogP contribution is 2.11. The first kappa shape index (κ1) is 31.8. The number of nitrogens with one attached hydrogen (secondary N) is 2. The number of halogens is 1. The molecule has 6 N–H and O–H groups in total. The number of carbonyl (C=O) groups is 5. The minimum Gasteiger partial charge on any atom is -0.467 e. The Kier molecular flexibility index (Phi) is 13.6. The van der Waals surface area contributed by atoms with Crippen LogP contribution in [0.4, 0.5) is 0 Å². The first-order valence-corrected chi connectivity index (χ1v) is 10.8. The Bertz CT molecular complexity index is 874. The Balaban J connectivity index is 0.0000116. The van der Waals surface area contributed by atoms with Crippen LogP contribution in [0, 0.1) is 0 Å². The topological polar surface area (TPSA) is 180 Å². The molecule has 1 rings (SSSR count). The summed E-state index contributed by atoms with van der Waals surface area (Å²) < 4.78 is 10.0. The van der Waals surface area contributed by atoms with Crippen molar-refractivity contribution in [1.82, 2.24) is 10.6 Å². The molecular weight excluding hydrogens is 480 g/mol. The van der Waals surface area contributed by atoms with Crippen LogP contribution in [-0.4, -0.2) is 60.5 Å². The van der Waals surface area contributed by atoms with Gasteiger partial charge in [0.15, 0.2) is 0 Å². The Morgan fingerprint density at radius 1 is 0.971 bits per heavy atom. The number of primary amides is 1. The van der Waals surface area contributed by atoms with E-state index in [-0.39, 0.29) is 31.7 Å². The summed E-state index contributed by atoms with van der Waals surface area (Å²) in [6.45, 7) is 4.97. The van der Waals surface area contributed by atoms with Crippen molar-refractivity contribution in [2.75, 3.05) is 7.11 Å². The summed E-state index contributed by atoms with van der Waals surface area (Å²) in [6.07, 6.45) is -0.541. The highest BCUT2D eigenvalue weighted by Gasteiger charge is 2.31. The minimum atomic E-state index is -1.38. The van der Waals surface area contributed by atoms with Crippen molar-refractivity contribution in [3.8, 4) is 0 Å². The van der Waals surface area contributed by atoms with Gasteiger partial charge in [-0.3, -0.25) is 19.2 Å². The monoisotopic (exact) mass is 514 g/mol. The zero-order valence-electron chi connectivity index (χ0n) is 20.4. The summed E-state index contributed by atoms with van der Waals surface area (Å²) in [5.74, 6) is -3.63. The molecule has 0 spiro atoms. The van der Waals surface area contributed by atoms with E-state index in [0.717, 1.165) is 5.56 Å². The maximum atomic E-state index is 13.0. The smallest absolute Gasteiger partial charge is 0.328 e. The van der Waals surface area contributed by atoms with E-state index in [1.54, 1.807) is 45.0 Å². The predicted octanol–water partition coefficient (Wildman–Crippen LogP) is 0.118. The maximum absolute atomic E-state index is 13.0. The molecule has 1 aromatic rings. The van der Waals surface area contributed by atoms with Crippen LogP contribution in [0.5, 0.6) is 0 Å². The normalized spacial score (nSPS) is 13.3. The van der Waals surface area contributed by atoms with E-state index in [1.165, 1.54) is 7.11 Å². The van der Waals surface area contributed by atoms with Crippen molar-refractivity contribution < 1.29 is 33.4 Å². The number of benzene rings is 1. The van der Waals surface area contributed by atoms with Gasteiger partial charge in [0.2, 0.25) is 17.7 Å². The summed E-state index contributed by atoms with van der Waals surface area (Å²) in [5, 5.41) is 4.93. The lowest BCUT2D eigenvalue weighted by molar-refractivity contribution is -0.156. The average Bonchev–Trinajstić information content (AvgIpc) is 2.75.